The van der Waals surface area contributed by atoms with E-state index >= 15 is 0 Å². The standard InChI is InChI=1S/C27H30N2O6S/c1-17-7-9-19(10-8-17)36(31,32)28-14-12-25(30)35-29-26-21-6-4-5-20(21)22-15-18-11-13-27(2,3)34-23(18)16-24(22)33-26/h7-10,15-16,28H,4-6,11-14H2,1-3H3/b29-26+. The van der Waals surface area contributed by atoms with Gasteiger partial charge in [0.25, 0.3) is 5.55 Å². The van der Waals surface area contributed by atoms with Gasteiger partial charge in [-0.25, -0.2) is 17.9 Å². The fraction of sp³-hybridized carbons (Fsp3) is 0.407. The highest BCUT2D eigenvalue weighted by Gasteiger charge is 2.28. The molecule has 1 aliphatic heterocycles. The number of hydrogen-bond acceptors (Lipinski definition) is 7. The summed E-state index contributed by atoms with van der Waals surface area (Å²) < 4.78 is 39.4. The fourth-order valence-electron chi connectivity index (χ4n) is 4.74. The van der Waals surface area contributed by atoms with Gasteiger partial charge in [-0.1, -0.05) is 17.7 Å². The Hall–Kier alpha value is -3.17. The average molecular weight is 511 g/mol. The maximum absolute atomic E-state index is 12.4. The minimum absolute atomic E-state index is 0.100. The molecular weight excluding hydrogens is 480 g/mol. The molecule has 3 aromatic rings. The first-order valence-corrected chi connectivity index (χ1v) is 13.7. The molecule has 0 fully saturated rings. The molecule has 0 atom stereocenters. The fourth-order valence-corrected chi connectivity index (χ4v) is 5.78. The summed E-state index contributed by atoms with van der Waals surface area (Å²) in [5, 5.41) is 5.07. The number of carbonyl (C=O) groups is 1. The number of fused-ring (bicyclic) bond motifs is 4. The van der Waals surface area contributed by atoms with Crippen molar-refractivity contribution in [2.75, 3.05) is 6.54 Å². The minimum atomic E-state index is -3.71. The molecule has 0 unspecified atom stereocenters. The van der Waals surface area contributed by atoms with E-state index in [-0.39, 0.29) is 29.0 Å². The lowest BCUT2D eigenvalue weighted by Gasteiger charge is -2.32. The van der Waals surface area contributed by atoms with Gasteiger partial charge < -0.3 is 14.0 Å². The highest BCUT2D eigenvalue weighted by Crippen LogP contribution is 2.38. The zero-order chi connectivity index (χ0) is 25.5. The summed E-state index contributed by atoms with van der Waals surface area (Å²) in [4.78, 5) is 17.6. The lowest BCUT2D eigenvalue weighted by molar-refractivity contribution is -0.144. The van der Waals surface area contributed by atoms with Crippen molar-refractivity contribution < 1.29 is 27.2 Å². The van der Waals surface area contributed by atoms with Gasteiger partial charge in [-0.3, -0.25) is 0 Å². The quantitative estimate of drug-likeness (QED) is 0.396. The molecule has 190 valence electrons. The first-order valence-electron chi connectivity index (χ1n) is 12.2. The SMILES string of the molecule is Cc1ccc(S(=O)(=O)NCCC(=O)O/N=c2/oc3cc4c(cc3c3c2CCC3)CCC(C)(C)O4)cc1. The molecule has 5 rings (SSSR count). The Morgan fingerprint density at radius 3 is 2.64 bits per heavy atom. The largest absolute Gasteiger partial charge is 0.487 e. The van der Waals surface area contributed by atoms with Crippen LogP contribution in [-0.4, -0.2) is 26.5 Å². The van der Waals surface area contributed by atoms with E-state index in [1.807, 2.05) is 13.0 Å². The maximum atomic E-state index is 12.4. The summed E-state index contributed by atoms with van der Waals surface area (Å²) in [5.41, 5.74) is 4.95. The Balaban J connectivity index is 1.32. The molecule has 1 aromatic heterocycles. The predicted octanol–water partition coefficient (Wildman–Crippen LogP) is 4.06. The van der Waals surface area contributed by atoms with E-state index in [1.54, 1.807) is 12.1 Å². The Kier molecular flexibility index (Phi) is 6.38. The molecule has 9 heteroatoms. The van der Waals surface area contributed by atoms with E-state index in [0.717, 1.165) is 54.4 Å². The number of hydrogen-bond donors (Lipinski definition) is 1. The molecule has 1 N–H and O–H groups in total. The zero-order valence-corrected chi connectivity index (χ0v) is 21.5. The van der Waals surface area contributed by atoms with E-state index in [4.69, 9.17) is 14.0 Å². The highest BCUT2D eigenvalue weighted by atomic mass is 32.2. The van der Waals surface area contributed by atoms with E-state index in [2.05, 4.69) is 29.8 Å². The summed E-state index contributed by atoms with van der Waals surface area (Å²) in [6.45, 7) is 5.92. The van der Waals surface area contributed by atoms with Crippen LogP contribution in [0.1, 0.15) is 55.4 Å². The molecule has 0 radical (unpaired) electrons. The third-order valence-electron chi connectivity index (χ3n) is 6.74. The van der Waals surface area contributed by atoms with Crippen molar-refractivity contribution in [2.45, 2.75) is 69.8 Å². The number of sulfonamides is 1. The number of benzene rings is 2. The second-order valence-electron chi connectivity index (χ2n) is 10.1. The van der Waals surface area contributed by atoms with Gasteiger partial charge in [-0.2, -0.15) is 0 Å². The molecular formula is C27H30N2O6S. The van der Waals surface area contributed by atoms with Gasteiger partial charge >= 0.3 is 5.97 Å². The van der Waals surface area contributed by atoms with Crippen molar-refractivity contribution in [3.05, 3.63) is 64.2 Å². The van der Waals surface area contributed by atoms with Crippen LogP contribution in [0.25, 0.3) is 11.0 Å². The summed E-state index contributed by atoms with van der Waals surface area (Å²) in [7, 11) is -3.71. The summed E-state index contributed by atoms with van der Waals surface area (Å²) in [5.74, 6) is 0.156. The third kappa shape index (κ3) is 5.03. The number of carbonyl (C=O) groups excluding carboxylic acids is 1. The van der Waals surface area contributed by atoms with Gasteiger partial charge in [-0.05, 0) is 87.4 Å². The van der Waals surface area contributed by atoms with E-state index in [9.17, 15) is 13.2 Å². The van der Waals surface area contributed by atoms with Crippen molar-refractivity contribution in [3.8, 4) is 5.75 Å². The predicted molar refractivity (Wildman–Crippen MR) is 134 cm³/mol. The van der Waals surface area contributed by atoms with Crippen LogP contribution in [0.3, 0.4) is 0 Å². The minimum Gasteiger partial charge on any atom is -0.487 e. The average Bonchev–Trinajstić information content (AvgIpc) is 3.31. The monoisotopic (exact) mass is 510 g/mol. The van der Waals surface area contributed by atoms with Crippen LogP contribution in [0.4, 0.5) is 0 Å². The van der Waals surface area contributed by atoms with Gasteiger partial charge in [0.05, 0.1) is 11.3 Å². The number of nitrogens with one attached hydrogen (secondary N) is 1. The van der Waals surface area contributed by atoms with Gasteiger partial charge in [0, 0.05) is 23.6 Å². The van der Waals surface area contributed by atoms with Gasteiger partial charge in [0.15, 0.2) is 0 Å². The van der Waals surface area contributed by atoms with Crippen LogP contribution in [0.5, 0.6) is 5.75 Å². The van der Waals surface area contributed by atoms with Gasteiger partial charge in [0.1, 0.15) is 16.9 Å². The molecule has 2 heterocycles. The third-order valence-corrected chi connectivity index (χ3v) is 8.21. The second kappa shape index (κ2) is 9.37. The lowest BCUT2D eigenvalue weighted by atomic mass is 9.92. The van der Waals surface area contributed by atoms with E-state index in [0.29, 0.717) is 5.58 Å². The summed E-state index contributed by atoms with van der Waals surface area (Å²) in [6, 6.07) is 10.5. The van der Waals surface area contributed by atoms with Crippen LogP contribution >= 0.6 is 0 Å². The van der Waals surface area contributed by atoms with Crippen LogP contribution < -0.4 is 15.0 Å². The van der Waals surface area contributed by atoms with Crippen LogP contribution in [-0.2, 0) is 38.9 Å². The maximum Gasteiger partial charge on any atom is 0.336 e. The van der Waals surface area contributed by atoms with Gasteiger partial charge in [-0.15, -0.1) is 0 Å². The molecule has 0 spiro atoms. The summed E-state index contributed by atoms with van der Waals surface area (Å²) in [6.07, 6.45) is 4.41. The van der Waals surface area contributed by atoms with Crippen molar-refractivity contribution in [3.63, 3.8) is 0 Å². The van der Waals surface area contributed by atoms with Crippen LogP contribution in [0.15, 0.2) is 50.9 Å². The number of nitrogens with zero attached hydrogens (tertiary/aromatic N) is 1. The van der Waals surface area contributed by atoms with Crippen LogP contribution in [0.2, 0.25) is 0 Å². The molecule has 8 nitrogen and oxygen atoms in total. The molecule has 0 amide bonds. The van der Waals surface area contributed by atoms with Crippen molar-refractivity contribution in [1.82, 2.24) is 4.72 Å². The topological polar surface area (TPSA) is 107 Å². The van der Waals surface area contributed by atoms with Crippen molar-refractivity contribution in [1.29, 1.82) is 0 Å². The Labute approximate surface area is 210 Å². The molecule has 1 aliphatic carbocycles. The second-order valence-corrected chi connectivity index (χ2v) is 11.8. The van der Waals surface area contributed by atoms with Crippen molar-refractivity contribution in [2.24, 2.45) is 5.16 Å². The normalized spacial score (nSPS) is 16.9. The van der Waals surface area contributed by atoms with Crippen molar-refractivity contribution >= 4 is 27.0 Å². The summed E-state index contributed by atoms with van der Waals surface area (Å²) >= 11 is 0. The molecule has 0 saturated carbocycles. The molecule has 2 aliphatic rings. The molecule has 0 bridgehead atoms. The first kappa shape index (κ1) is 24.5. The Morgan fingerprint density at radius 1 is 1.11 bits per heavy atom. The number of rotatable bonds is 6. The highest BCUT2D eigenvalue weighted by molar-refractivity contribution is 7.89. The number of ether oxygens (including phenoxy) is 1. The van der Waals surface area contributed by atoms with Crippen LogP contribution in [0, 0.1) is 6.92 Å². The van der Waals surface area contributed by atoms with Gasteiger partial charge in [0.2, 0.25) is 10.0 Å². The Morgan fingerprint density at radius 2 is 1.86 bits per heavy atom. The molecule has 2 aromatic carbocycles. The smallest absolute Gasteiger partial charge is 0.336 e. The number of aryl methyl sites for hydroxylation is 3. The first-order chi connectivity index (χ1) is 17.1. The van der Waals surface area contributed by atoms with E-state index in [1.165, 1.54) is 23.3 Å². The van der Waals surface area contributed by atoms with E-state index < -0.39 is 16.0 Å². The lowest BCUT2D eigenvalue weighted by Crippen LogP contribution is -2.32. The zero-order valence-electron chi connectivity index (χ0n) is 20.7. The molecule has 0 saturated heterocycles. The molecule has 36 heavy (non-hydrogen) atoms. The Bertz CT molecular complexity index is 1500.